The fourth-order valence-corrected chi connectivity index (χ4v) is 2.16. The van der Waals surface area contributed by atoms with Gasteiger partial charge in [0.15, 0.2) is 0 Å². The van der Waals surface area contributed by atoms with Gasteiger partial charge in [0.25, 0.3) is 5.91 Å². The Bertz CT molecular complexity index is 633. The number of carbonyl (C=O) groups excluding carboxylic acids is 1. The lowest BCUT2D eigenvalue weighted by Gasteiger charge is -2.18. The van der Waals surface area contributed by atoms with Gasteiger partial charge in [0.1, 0.15) is 12.4 Å². The number of rotatable bonds is 6. The SMILES string of the molecule is Cc1ccc(OCCN(C)C(=O)c2ccc(N(C)C)cc2)cc1. The molecule has 0 atom stereocenters. The molecule has 0 fully saturated rings. The molecule has 0 unspecified atom stereocenters. The van der Waals surface area contributed by atoms with Gasteiger partial charge in [-0.25, -0.2) is 0 Å². The Kier molecular flexibility index (Phi) is 5.63. The Morgan fingerprint density at radius 2 is 1.57 bits per heavy atom. The lowest BCUT2D eigenvalue weighted by molar-refractivity contribution is 0.0774. The minimum atomic E-state index is 0.00260. The minimum absolute atomic E-state index is 0.00260. The van der Waals surface area contributed by atoms with Crippen LogP contribution in [0.5, 0.6) is 5.75 Å². The highest BCUT2D eigenvalue weighted by Gasteiger charge is 2.11. The zero-order valence-electron chi connectivity index (χ0n) is 14.2. The first kappa shape index (κ1) is 16.9. The number of ether oxygens (including phenoxy) is 1. The van der Waals surface area contributed by atoms with E-state index in [0.29, 0.717) is 18.7 Å². The number of amides is 1. The maximum absolute atomic E-state index is 12.4. The van der Waals surface area contributed by atoms with Gasteiger partial charge >= 0.3 is 0 Å². The standard InChI is InChI=1S/C19H24N2O2/c1-15-5-11-18(12-6-15)23-14-13-21(4)19(22)16-7-9-17(10-8-16)20(2)3/h5-12H,13-14H2,1-4H3. The van der Waals surface area contributed by atoms with Gasteiger partial charge < -0.3 is 14.5 Å². The van der Waals surface area contributed by atoms with E-state index in [1.165, 1.54) is 5.56 Å². The first-order valence-electron chi connectivity index (χ1n) is 7.69. The van der Waals surface area contributed by atoms with Crippen molar-refractivity contribution in [3.63, 3.8) is 0 Å². The molecule has 0 aliphatic heterocycles. The Hall–Kier alpha value is -2.49. The summed E-state index contributed by atoms with van der Waals surface area (Å²) in [5.41, 5.74) is 2.96. The Balaban J connectivity index is 1.85. The lowest BCUT2D eigenvalue weighted by Crippen LogP contribution is -2.30. The van der Waals surface area contributed by atoms with E-state index >= 15 is 0 Å². The third kappa shape index (κ3) is 4.74. The van der Waals surface area contributed by atoms with Crippen LogP contribution in [0.15, 0.2) is 48.5 Å². The summed E-state index contributed by atoms with van der Waals surface area (Å²) in [6, 6.07) is 15.5. The number of likely N-dealkylation sites (N-methyl/N-ethyl adjacent to an activating group) is 1. The number of hydrogen-bond acceptors (Lipinski definition) is 3. The van der Waals surface area contributed by atoms with Gasteiger partial charge in [0.2, 0.25) is 0 Å². The van der Waals surface area contributed by atoms with Gasteiger partial charge in [-0.1, -0.05) is 17.7 Å². The van der Waals surface area contributed by atoms with Crippen LogP contribution in [0.2, 0.25) is 0 Å². The number of carbonyl (C=O) groups is 1. The highest BCUT2D eigenvalue weighted by molar-refractivity contribution is 5.94. The van der Waals surface area contributed by atoms with E-state index in [4.69, 9.17) is 4.74 Å². The summed E-state index contributed by atoms with van der Waals surface area (Å²) < 4.78 is 5.67. The second-order valence-electron chi connectivity index (χ2n) is 5.83. The fourth-order valence-electron chi connectivity index (χ4n) is 2.16. The molecule has 1 amide bonds. The molecule has 0 radical (unpaired) electrons. The summed E-state index contributed by atoms with van der Waals surface area (Å²) in [5.74, 6) is 0.828. The molecule has 0 N–H and O–H groups in total. The van der Waals surface area contributed by atoms with E-state index in [-0.39, 0.29) is 5.91 Å². The van der Waals surface area contributed by atoms with E-state index in [1.54, 1.807) is 11.9 Å². The van der Waals surface area contributed by atoms with Gasteiger partial charge in [-0.05, 0) is 43.3 Å². The summed E-state index contributed by atoms with van der Waals surface area (Å²) in [6.07, 6.45) is 0. The quantitative estimate of drug-likeness (QED) is 0.821. The van der Waals surface area contributed by atoms with Crippen LogP contribution in [-0.4, -0.2) is 45.1 Å². The Morgan fingerprint density at radius 1 is 0.957 bits per heavy atom. The fraction of sp³-hybridized carbons (Fsp3) is 0.316. The molecule has 0 aromatic heterocycles. The zero-order valence-corrected chi connectivity index (χ0v) is 14.2. The molecule has 2 aromatic rings. The normalized spacial score (nSPS) is 10.3. The summed E-state index contributed by atoms with van der Waals surface area (Å²) >= 11 is 0. The van der Waals surface area contributed by atoms with Crippen molar-refractivity contribution in [3.8, 4) is 5.75 Å². The largest absolute Gasteiger partial charge is 0.492 e. The molecule has 0 aliphatic rings. The number of benzene rings is 2. The molecule has 0 spiro atoms. The van der Waals surface area contributed by atoms with Gasteiger partial charge in [-0.2, -0.15) is 0 Å². The highest BCUT2D eigenvalue weighted by Crippen LogP contribution is 2.14. The zero-order chi connectivity index (χ0) is 16.8. The first-order chi connectivity index (χ1) is 11.0. The highest BCUT2D eigenvalue weighted by atomic mass is 16.5. The lowest BCUT2D eigenvalue weighted by atomic mass is 10.2. The van der Waals surface area contributed by atoms with Gasteiger partial charge in [-0.3, -0.25) is 4.79 Å². The summed E-state index contributed by atoms with van der Waals surface area (Å²) in [7, 11) is 5.75. The molecule has 2 aromatic carbocycles. The number of aryl methyl sites for hydroxylation is 1. The molecule has 122 valence electrons. The van der Waals surface area contributed by atoms with E-state index < -0.39 is 0 Å². The molecule has 23 heavy (non-hydrogen) atoms. The van der Waals surface area contributed by atoms with Crippen LogP contribution in [0.25, 0.3) is 0 Å². The minimum Gasteiger partial charge on any atom is -0.492 e. The van der Waals surface area contributed by atoms with Crippen LogP contribution in [0, 0.1) is 6.92 Å². The maximum atomic E-state index is 12.4. The second-order valence-corrected chi connectivity index (χ2v) is 5.83. The van der Waals surface area contributed by atoms with E-state index in [2.05, 4.69) is 0 Å². The average Bonchev–Trinajstić information content (AvgIpc) is 2.56. The monoisotopic (exact) mass is 312 g/mol. The van der Waals surface area contributed by atoms with Crippen LogP contribution in [0.4, 0.5) is 5.69 Å². The molecule has 0 saturated carbocycles. The van der Waals surface area contributed by atoms with E-state index in [0.717, 1.165) is 11.4 Å². The number of anilines is 1. The Morgan fingerprint density at radius 3 is 2.13 bits per heavy atom. The van der Waals surface area contributed by atoms with Crippen molar-refractivity contribution in [2.24, 2.45) is 0 Å². The first-order valence-corrected chi connectivity index (χ1v) is 7.69. The maximum Gasteiger partial charge on any atom is 0.253 e. The van der Waals surface area contributed by atoms with Crippen LogP contribution < -0.4 is 9.64 Å². The smallest absolute Gasteiger partial charge is 0.253 e. The predicted octanol–water partition coefficient (Wildman–Crippen LogP) is 3.21. The third-order valence-electron chi connectivity index (χ3n) is 3.69. The molecular weight excluding hydrogens is 288 g/mol. The van der Waals surface area contributed by atoms with Crippen LogP contribution in [0.3, 0.4) is 0 Å². The number of nitrogens with zero attached hydrogens (tertiary/aromatic N) is 2. The van der Waals surface area contributed by atoms with Crippen LogP contribution in [-0.2, 0) is 0 Å². The van der Waals surface area contributed by atoms with Crippen LogP contribution in [0.1, 0.15) is 15.9 Å². The van der Waals surface area contributed by atoms with Crippen molar-refractivity contribution >= 4 is 11.6 Å². The molecule has 2 rings (SSSR count). The Labute approximate surface area is 138 Å². The van der Waals surface area contributed by atoms with Gasteiger partial charge in [-0.15, -0.1) is 0 Å². The topological polar surface area (TPSA) is 32.8 Å². The van der Waals surface area contributed by atoms with Crippen molar-refractivity contribution < 1.29 is 9.53 Å². The van der Waals surface area contributed by atoms with Crippen molar-refractivity contribution in [2.45, 2.75) is 6.92 Å². The van der Waals surface area contributed by atoms with Crippen molar-refractivity contribution in [2.75, 3.05) is 39.2 Å². The second kappa shape index (κ2) is 7.68. The summed E-state index contributed by atoms with van der Waals surface area (Å²) in [6.45, 7) is 3.06. The van der Waals surface area contributed by atoms with Gasteiger partial charge in [0.05, 0.1) is 6.54 Å². The van der Waals surface area contributed by atoms with Crippen molar-refractivity contribution in [3.05, 3.63) is 59.7 Å². The van der Waals surface area contributed by atoms with Crippen LogP contribution >= 0.6 is 0 Å². The molecule has 0 heterocycles. The molecule has 0 bridgehead atoms. The molecule has 0 aliphatic carbocycles. The van der Waals surface area contributed by atoms with E-state index in [9.17, 15) is 4.79 Å². The van der Waals surface area contributed by atoms with Crippen molar-refractivity contribution in [1.29, 1.82) is 0 Å². The average molecular weight is 312 g/mol. The molecule has 0 saturated heterocycles. The summed E-state index contributed by atoms with van der Waals surface area (Å²) in [4.78, 5) is 16.1. The van der Waals surface area contributed by atoms with Crippen molar-refractivity contribution in [1.82, 2.24) is 4.90 Å². The molecule has 4 nitrogen and oxygen atoms in total. The molecular formula is C19H24N2O2. The number of hydrogen-bond donors (Lipinski definition) is 0. The third-order valence-corrected chi connectivity index (χ3v) is 3.69. The predicted molar refractivity (Wildman–Crippen MR) is 94.4 cm³/mol. The summed E-state index contributed by atoms with van der Waals surface area (Å²) in [5, 5.41) is 0. The molecule has 4 heteroatoms. The van der Waals surface area contributed by atoms with E-state index in [1.807, 2.05) is 74.4 Å². The van der Waals surface area contributed by atoms with Gasteiger partial charge in [0, 0.05) is 32.4 Å².